The number of nitrogens with zero attached hydrogens (tertiary/aromatic N) is 2. The molecule has 188 valence electrons. The van der Waals surface area contributed by atoms with E-state index >= 15 is 0 Å². The van der Waals surface area contributed by atoms with Gasteiger partial charge in [0.05, 0.1) is 23.7 Å². The summed E-state index contributed by atoms with van der Waals surface area (Å²) < 4.78 is 48.7. The van der Waals surface area contributed by atoms with Crippen LogP contribution in [0.25, 0.3) is 11.0 Å². The van der Waals surface area contributed by atoms with E-state index in [0.717, 1.165) is 24.8 Å². The van der Waals surface area contributed by atoms with Crippen LogP contribution in [0.1, 0.15) is 62.0 Å². The van der Waals surface area contributed by atoms with Gasteiger partial charge in [-0.1, -0.05) is 20.8 Å². The van der Waals surface area contributed by atoms with Gasteiger partial charge in [-0.3, -0.25) is 0 Å². The Morgan fingerprint density at radius 1 is 1.14 bits per heavy atom. The molecule has 0 unspecified atom stereocenters. The van der Waals surface area contributed by atoms with Gasteiger partial charge >= 0.3 is 12.3 Å². The average molecular weight is 490 g/mol. The van der Waals surface area contributed by atoms with Gasteiger partial charge in [0.2, 0.25) is 5.95 Å². The molecule has 35 heavy (non-hydrogen) atoms. The minimum Gasteiger partial charge on any atom is -0.465 e. The van der Waals surface area contributed by atoms with Crippen LogP contribution in [0.5, 0.6) is 5.75 Å². The van der Waals surface area contributed by atoms with E-state index in [1.807, 2.05) is 13.0 Å². The first-order chi connectivity index (χ1) is 16.4. The predicted octanol–water partition coefficient (Wildman–Crippen LogP) is 7.16. The van der Waals surface area contributed by atoms with Crippen LogP contribution in [0.4, 0.5) is 24.8 Å². The number of carbonyl (C=O) groups excluding carboxylic acids is 1. The number of ether oxygens (including phenoxy) is 2. The summed E-state index contributed by atoms with van der Waals surface area (Å²) in [5.41, 5.74) is 3.46. The first-order valence-electron chi connectivity index (χ1n) is 11.6. The van der Waals surface area contributed by atoms with Crippen molar-refractivity contribution in [2.45, 2.75) is 59.4 Å². The molecule has 1 fully saturated rings. The average Bonchev–Trinajstić information content (AvgIpc) is 3.11. The van der Waals surface area contributed by atoms with Crippen molar-refractivity contribution in [1.82, 2.24) is 9.55 Å². The highest BCUT2D eigenvalue weighted by atomic mass is 19.4. The number of aryl methyl sites for hydroxylation is 1. The van der Waals surface area contributed by atoms with Crippen LogP contribution in [0.2, 0.25) is 0 Å². The zero-order valence-electron chi connectivity index (χ0n) is 20.5. The lowest BCUT2D eigenvalue weighted by molar-refractivity contribution is -0.274. The molecule has 1 saturated carbocycles. The molecule has 4 rings (SSSR count). The maximum absolute atomic E-state index is 12.5. The van der Waals surface area contributed by atoms with Gasteiger partial charge in [-0.05, 0) is 79.5 Å². The van der Waals surface area contributed by atoms with Crippen molar-refractivity contribution in [3.63, 3.8) is 0 Å². The number of nitrogens with one attached hydrogen (secondary N) is 1. The maximum atomic E-state index is 12.5. The minimum absolute atomic E-state index is 0.147. The second-order valence-corrected chi connectivity index (χ2v) is 10.2. The molecule has 0 aliphatic heterocycles. The molecule has 1 aliphatic rings. The summed E-state index contributed by atoms with van der Waals surface area (Å²) in [6.45, 7) is 8.62. The molecule has 0 amide bonds. The first kappa shape index (κ1) is 24.9. The number of hydrogen-bond acceptors (Lipinski definition) is 5. The summed E-state index contributed by atoms with van der Waals surface area (Å²) in [6.07, 6.45) is -1.69. The van der Waals surface area contributed by atoms with E-state index in [0.29, 0.717) is 34.2 Å². The Kier molecular flexibility index (Phi) is 6.46. The Balaban J connectivity index is 1.78. The number of esters is 1. The fraction of sp³-hybridized carbons (Fsp3) is 0.462. The maximum Gasteiger partial charge on any atom is 0.573 e. The molecule has 1 aromatic heterocycles. The molecule has 3 aromatic rings. The number of halogens is 3. The standard InChI is InChI=1S/C26H30F3N3O3/c1-15-12-18(14-25(3,4)13-15)32-21-11-10-20(23(33)34-5)16(2)22(21)31-24(32)30-17-6-8-19(9-7-17)35-26(27,28)29/h6-11,15,18H,12-14H2,1-5H3,(H,30,31)/t15-,18-/m0/s1. The lowest BCUT2D eigenvalue weighted by Gasteiger charge is -2.40. The van der Waals surface area contributed by atoms with Gasteiger partial charge in [0, 0.05) is 11.7 Å². The molecule has 1 aliphatic carbocycles. The molecule has 6 nitrogen and oxygen atoms in total. The summed E-state index contributed by atoms with van der Waals surface area (Å²) in [6, 6.07) is 9.36. The molecule has 2 atom stereocenters. The van der Waals surface area contributed by atoms with E-state index in [1.165, 1.54) is 31.4 Å². The lowest BCUT2D eigenvalue weighted by atomic mass is 9.70. The Morgan fingerprint density at radius 2 is 1.83 bits per heavy atom. The van der Waals surface area contributed by atoms with Crippen molar-refractivity contribution in [3.8, 4) is 5.75 Å². The first-order valence-corrected chi connectivity index (χ1v) is 11.6. The Labute approximate surface area is 202 Å². The smallest absolute Gasteiger partial charge is 0.465 e. The number of fused-ring (bicyclic) bond motifs is 1. The van der Waals surface area contributed by atoms with Crippen molar-refractivity contribution in [1.29, 1.82) is 0 Å². The van der Waals surface area contributed by atoms with Gasteiger partial charge in [-0.15, -0.1) is 13.2 Å². The van der Waals surface area contributed by atoms with Crippen molar-refractivity contribution in [2.24, 2.45) is 11.3 Å². The number of methoxy groups -OCH3 is 1. The molecule has 0 spiro atoms. The van der Waals surface area contributed by atoms with Crippen LogP contribution in [-0.4, -0.2) is 29.0 Å². The van der Waals surface area contributed by atoms with E-state index < -0.39 is 12.3 Å². The molecule has 0 radical (unpaired) electrons. The number of rotatable bonds is 5. The number of carbonyl (C=O) groups is 1. The fourth-order valence-electron chi connectivity index (χ4n) is 5.45. The van der Waals surface area contributed by atoms with E-state index in [2.05, 4.69) is 35.4 Å². The van der Waals surface area contributed by atoms with Gasteiger partial charge in [-0.2, -0.15) is 0 Å². The largest absolute Gasteiger partial charge is 0.573 e. The molecule has 1 heterocycles. The zero-order chi connectivity index (χ0) is 25.5. The van der Waals surface area contributed by atoms with Crippen molar-refractivity contribution in [3.05, 3.63) is 47.5 Å². The second kappa shape index (κ2) is 9.09. The molecule has 2 aromatic carbocycles. The van der Waals surface area contributed by atoms with Gasteiger partial charge in [0.1, 0.15) is 5.75 Å². The summed E-state index contributed by atoms with van der Waals surface area (Å²) >= 11 is 0. The summed E-state index contributed by atoms with van der Waals surface area (Å²) in [4.78, 5) is 17.1. The highest BCUT2D eigenvalue weighted by molar-refractivity contribution is 5.97. The Hall–Kier alpha value is -3.23. The van der Waals surface area contributed by atoms with Crippen molar-refractivity contribution in [2.75, 3.05) is 12.4 Å². The summed E-state index contributed by atoms with van der Waals surface area (Å²) in [5, 5.41) is 3.28. The van der Waals surface area contributed by atoms with Crippen LogP contribution in [0, 0.1) is 18.3 Å². The Morgan fingerprint density at radius 3 is 2.43 bits per heavy atom. The molecule has 0 bridgehead atoms. The SMILES string of the molecule is COC(=O)c1ccc2c(nc(Nc3ccc(OC(F)(F)F)cc3)n2[C@H]2C[C@H](C)CC(C)(C)C2)c1C. The number of aromatic nitrogens is 2. The molecule has 0 saturated heterocycles. The molecule has 1 N–H and O–H groups in total. The highest BCUT2D eigenvalue weighted by Gasteiger charge is 2.35. The van der Waals surface area contributed by atoms with Crippen LogP contribution in [0.15, 0.2) is 36.4 Å². The fourth-order valence-corrected chi connectivity index (χ4v) is 5.45. The predicted molar refractivity (Wildman–Crippen MR) is 128 cm³/mol. The molecule has 9 heteroatoms. The second-order valence-electron chi connectivity index (χ2n) is 10.2. The topological polar surface area (TPSA) is 65.4 Å². The molecular formula is C26H30F3N3O3. The van der Waals surface area contributed by atoms with E-state index in [-0.39, 0.29) is 17.2 Å². The molecular weight excluding hydrogens is 459 g/mol. The van der Waals surface area contributed by atoms with Gasteiger partial charge in [0.25, 0.3) is 0 Å². The lowest BCUT2D eigenvalue weighted by Crippen LogP contribution is -2.29. The number of alkyl halides is 3. The summed E-state index contributed by atoms with van der Waals surface area (Å²) in [7, 11) is 1.34. The van der Waals surface area contributed by atoms with Crippen LogP contribution >= 0.6 is 0 Å². The summed E-state index contributed by atoms with van der Waals surface area (Å²) in [5.74, 6) is 0.368. The number of hydrogen-bond donors (Lipinski definition) is 1. The van der Waals surface area contributed by atoms with E-state index in [1.54, 1.807) is 6.07 Å². The van der Waals surface area contributed by atoms with Crippen LogP contribution < -0.4 is 10.1 Å². The quantitative estimate of drug-likeness (QED) is 0.385. The van der Waals surface area contributed by atoms with E-state index in [9.17, 15) is 18.0 Å². The van der Waals surface area contributed by atoms with Crippen LogP contribution in [-0.2, 0) is 4.74 Å². The normalized spacial score (nSPS) is 20.0. The third-order valence-electron chi connectivity index (χ3n) is 6.59. The number of imidazole rings is 1. The van der Waals surface area contributed by atoms with Crippen LogP contribution in [0.3, 0.4) is 0 Å². The van der Waals surface area contributed by atoms with Crippen molar-refractivity contribution < 1.29 is 27.4 Å². The number of anilines is 2. The third-order valence-corrected chi connectivity index (χ3v) is 6.59. The monoisotopic (exact) mass is 489 g/mol. The zero-order valence-corrected chi connectivity index (χ0v) is 20.5. The number of benzene rings is 2. The van der Waals surface area contributed by atoms with E-state index in [4.69, 9.17) is 9.72 Å². The van der Waals surface area contributed by atoms with Gasteiger partial charge in [0.15, 0.2) is 0 Å². The minimum atomic E-state index is -4.75. The van der Waals surface area contributed by atoms with Gasteiger partial charge in [-0.25, -0.2) is 9.78 Å². The third kappa shape index (κ3) is 5.39. The van der Waals surface area contributed by atoms with Gasteiger partial charge < -0.3 is 19.4 Å². The Bertz CT molecular complexity index is 1230. The highest BCUT2D eigenvalue weighted by Crippen LogP contribution is 2.46. The van der Waals surface area contributed by atoms with Crippen molar-refractivity contribution >= 4 is 28.6 Å².